The predicted octanol–water partition coefficient (Wildman–Crippen LogP) is -0.867. The Morgan fingerprint density at radius 3 is 1.50 bits per heavy atom. The van der Waals surface area contributed by atoms with Gasteiger partial charge in [0.2, 0.25) is 0 Å². The Bertz CT molecular complexity index is 117. The van der Waals surface area contributed by atoms with Crippen molar-refractivity contribution < 1.29 is 13.0 Å². The zero-order chi connectivity index (χ0) is 5.21. The van der Waals surface area contributed by atoms with Crippen molar-refractivity contribution in [3.05, 3.63) is 0 Å². The van der Waals surface area contributed by atoms with E-state index in [1.165, 1.54) is 6.92 Å². The van der Waals surface area contributed by atoms with E-state index in [0.29, 0.717) is 0 Å². The normalized spacial score (nSPS) is 8.75. The molecule has 0 atom stereocenters. The van der Waals surface area contributed by atoms with Crippen LogP contribution in [0.4, 0.5) is 0 Å². The van der Waals surface area contributed by atoms with Crippen molar-refractivity contribution in [1.29, 1.82) is 0 Å². The molecule has 0 bridgehead atoms. The van der Waals surface area contributed by atoms with Crippen LogP contribution >= 0.6 is 0 Å². The second-order valence-corrected chi connectivity index (χ2v) is 2.61. The minimum atomic E-state index is -3.66. The van der Waals surface area contributed by atoms with Crippen LogP contribution in [0.1, 0.15) is 6.92 Å². The summed E-state index contributed by atoms with van der Waals surface area (Å²) in [5.74, 6) is -0.201. The van der Waals surface area contributed by atoms with Crippen LogP contribution < -0.4 is 0 Å². The average Bonchev–Trinajstić information content (AvgIpc) is 1.35. The molecule has 8 heavy (non-hydrogen) atoms. The molecule has 0 heterocycles. The predicted molar refractivity (Wildman–Crippen MR) is 33.6 cm³/mol. The molecule has 0 amide bonds. The largest absolute Gasteiger partial charge is 0.286 e. The summed E-state index contributed by atoms with van der Waals surface area (Å²) in [6, 6.07) is 0. The first-order valence-corrected chi connectivity index (χ1v) is 3.12. The van der Waals surface area contributed by atoms with Gasteiger partial charge in [-0.3, -0.25) is 4.55 Å². The van der Waals surface area contributed by atoms with Gasteiger partial charge in [0.25, 0.3) is 10.1 Å². The average molecular weight is 156 g/mol. The molecule has 3 nitrogen and oxygen atoms in total. The standard InChI is InChI=1S/C2H6O3S.2Na/c1-2-6(3,4)5;;/h2H2,1H3,(H,3,4,5);;. The fourth-order valence-electron chi connectivity index (χ4n) is 0. The van der Waals surface area contributed by atoms with E-state index < -0.39 is 10.1 Å². The first kappa shape index (κ1) is 16.5. The summed E-state index contributed by atoms with van der Waals surface area (Å²) >= 11 is 0. The Labute approximate surface area is 93.6 Å². The van der Waals surface area contributed by atoms with Crippen LogP contribution in [0.3, 0.4) is 0 Å². The Kier molecular flexibility index (Phi) is 14.5. The molecule has 0 aliphatic rings. The Balaban J connectivity index is -0.000000125. The molecule has 0 aromatic carbocycles. The van der Waals surface area contributed by atoms with E-state index >= 15 is 0 Å². The van der Waals surface area contributed by atoms with Crippen molar-refractivity contribution in [2.45, 2.75) is 6.92 Å². The smallest absolute Gasteiger partial charge is 0.264 e. The SMILES string of the molecule is CCS(=O)(=O)O.[Na].[Na]. The van der Waals surface area contributed by atoms with Crippen LogP contribution in [0.15, 0.2) is 0 Å². The van der Waals surface area contributed by atoms with Crippen LogP contribution in [-0.4, -0.2) is 77.8 Å². The second kappa shape index (κ2) is 7.02. The van der Waals surface area contributed by atoms with Crippen molar-refractivity contribution in [3.8, 4) is 0 Å². The minimum absolute atomic E-state index is 0. The first-order chi connectivity index (χ1) is 2.56. The minimum Gasteiger partial charge on any atom is -0.286 e. The summed E-state index contributed by atoms with van der Waals surface area (Å²) < 4.78 is 26.9. The van der Waals surface area contributed by atoms with Gasteiger partial charge in [-0.05, 0) is 6.92 Å². The summed E-state index contributed by atoms with van der Waals surface area (Å²) in [5.41, 5.74) is 0. The van der Waals surface area contributed by atoms with E-state index in [2.05, 4.69) is 0 Å². The van der Waals surface area contributed by atoms with Gasteiger partial charge in [0.15, 0.2) is 0 Å². The summed E-state index contributed by atoms with van der Waals surface area (Å²) in [7, 11) is -3.66. The van der Waals surface area contributed by atoms with Crippen molar-refractivity contribution in [1.82, 2.24) is 0 Å². The molecule has 0 rings (SSSR count). The number of rotatable bonds is 1. The fraction of sp³-hybridized carbons (Fsp3) is 1.00. The zero-order valence-corrected chi connectivity index (χ0v) is 10.2. The molecular formula is C2H6Na2O3S. The van der Waals surface area contributed by atoms with Crippen LogP contribution in [0.5, 0.6) is 0 Å². The molecule has 40 valence electrons. The van der Waals surface area contributed by atoms with E-state index in [4.69, 9.17) is 4.55 Å². The third kappa shape index (κ3) is 15.7. The maximum absolute atomic E-state index is 9.56. The van der Waals surface area contributed by atoms with Gasteiger partial charge in [0.05, 0.1) is 5.75 Å². The molecule has 6 heteroatoms. The third-order valence-electron chi connectivity index (χ3n) is 0.365. The molecule has 0 aliphatic heterocycles. The quantitative estimate of drug-likeness (QED) is 0.396. The monoisotopic (exact) mass is 156 g/mol. The molecule has 0 aromatic rings. The Hall–Kier alpha value is 1.91. The fourth-order valence-corrected chi connectivity index (χ4v) is 0. The van der Waals surface area contributed by atoms with Gasteiger partial charge in [0, 0.05) is 59.1 Å². The molecule has 1 N–H and O–H groups in total. The first-order valence-electron chi connectivity index (χ1n) is 1.51. The van der Waals surface area contributed by atoms with Crippen molar-refractivity contribution in [2.75, 3.05) is 5.75 Å². The van der Waals surface area contributed by atoms with Gasteiger partial charge in [0.1, 0.15) is 0 Å². The van der Waals surface area contributed by atoms with Crippen LogP contribution in [0.2, 0.25) is 0 Å². The number of hydrogen-bond acceptors (Lipinski definition) is 2. The van der Waals surface area contributed by atoms with Gasteiger partial charge in [-0.2, -0.15) is 8.42 Å². The van der Waals surface area contributed by atoms with Crippen LogP contribution in [0, 0.1) is 0 Å². The summed E-state index contributed by atoms with van der Waals surface area (Å²) in [6.07, 6.45) is 0. The maximum atomic E-state index is 9.56. The summed E-state index contributed by atoms with van der Waals surface area (Å²) in [6.45, 7) is 1.37. The summed E-state index contributed by atoms with van der Waals surface area (Å²) in [5, 5.41) is 0. The van der Waals surface area contributed by atoms with E-state index in [1.54, 1.807) is 0 Å². The van der Waals surface area contributed by atoms with Gasteiger partial charge >= 0.3 is 0 Å². The van der Waals surface area contributed by atoms with Gasteiger partial charge < -0.3 is 0 Å². The number of hydrogen-bond donors (Lipinski definition) is 1. The van der Waals surface area contributed by atoms with E-state index in [-0.39, 0.29) is 64.9 Å². The molecule has 0 saturated heterocycles. The van der Waals surface area contributed by atoms with Crippen LogP contribution in [-0.2, 0) is 10.1 Å². The van der Waals surface area contributed by atoms with Crippen LogP contribution in [0.25, 0.3) is 0 Å². The third-order valence-corrected chi connectivity index (χ3v) is 1.09. The molecule has 0 unspecified atom stereocenters. The maximum Gasteiger partial charge on any atom is 0.264 e. The molecule has 0 aliphatic carbocycles. The van der Waals surface area contributed by atoms with Gasteiger partial charge in [-0.15, -0.1) is 0 Å². The topological polar surface area (TPSA) is 54.4 Å². The molecule has 0 fully saturated rings. The van der Waals surface area contributed by atoms with E-state index in [1.807, 2.05) is 0 Å². The molecular weight excluding hydrogens is 150 g/mol. The van der Waals surface area contributed by atoms with Gasteiger partial charge in [-0.1, -0.05) is 0 Å². The summed E-state index contributed by atoms with van der Waals surface area (Å²) in [4.78, 5) is 0. The molecule has 0 saturated carbocycles. The Morgan fingerprint density at radius 1 is 1.38 bits per heavy atom. The van der Waals surface area contributed by atoms with E-state index in [9.17, 15) is 8.42 Å². The molecule has 0 aromatic heterocycles. The Morgan fingerprint density at radius 2 is 1.50 bits per heavy atom. The van der Waals surface area contributed by atoms with Crippen molar-refractivity contribution in [2.24, 2.45) is 0 Å². The molecule has 0 spiro atoms. The van der Waals surface area contributed by atoms with E-state index in [0.717, 1.165) is 0 Å². The van der Waals surface area contributed by atoms with Crippen molar-refractivity contribution >= 4 is 69.2 Å². The van der Waals surface area contributed by atoms with Crippen molar-refractivity contribution in [3.63, 3.8) is 0 Å². The second-order valence-electron chi connectivity index (χ2n) is 0.871. The van der Waals surface area contributed by atoms with Gasteiger partial charge in [-0.25, -0.2) is 0 Å². The zero-order valence-electron chi connectivity index (χ0n) is 5.38. The molecule has 2 radical (unpaired) electrons.